The molecular weight excluding hydrogens is 747 g/mol. The number of allylic oxidation sites excluding steroid dienone is 4. The molecule has 2 unspecified atom stereocenters. The highest BCUT2D eigenvalue weighted by Gasteiger charge is 2.24. The number of unbranched alkanes of at least 4 members (excludes halogenated alkanes) is 18. The number of esters is 2. The van der Waals surface area contributed by atoms with E-state index in [0.29, 0.717) is 26.1 Å². The number of rotatable bonds is 41. The highest BCUT2D eigenvalue weighted by atomic mass is 16.7. The van der Waals surface area contributed by atoms with Crippen LogP contribution in [0, 0.1) is 5.92 Å². The van der Waals surface area contributed by atoms with Gasteiger partial charge in [0.1, 0.15) is 26.4 Å². The van der Waals surface area contributed by atoms with Gasteiger partial charge in [-0.05, 0) is 77.8 Å². The molecule has 59 heavy (non-hydrogen) atoms. The van der Waals surface area contributed by atoms with Gasteiger partial charge in [-0.2, -0.15) is 0 Å². The third-order valence-corrected chi connectivity index (χ3v) is 11.0. The number of hydrogen-bond acceptors (Lipinski definition) is 10. The first-order chi connectivity index (χ1) is 28.9. The average Bonchev–Trinajstić information content (AvgIpc) is 3.65. The number of likely N-dealkylation sites (N-methyl/N-ethyl adjacent to an activating group) is 1. The zero-order valence-corrected chi connectivity index (χ0v) is 38.4. The van der Waals surface area contributed by atoms with E-state index in [2.05, 4.69) is 50.0 Å². The first-order valence-electron chi connectivity index (χ1n) is 24.2. The Kier molecular flexibility index (Phi) is 37.9. The summed E-state index contributed by atoms with van der Waals surface area (Å²) in [4.78, 5) is 40.2. The summed E-state index contributed by atoms with van der Waals surface area (Å²) in [5, 5.41) is 0. The second-order valence-corrected chi connectivity index (χ2v) is 16.6. The highest BCUT2D eigenvalue weighted by Crippen LogP contribution is 2.16. The molecular formula is C49H89NO9. The number of carbonyl (C=O) groups excluding carboxylic acids is 3. The Bertz CT molecular complexity index is 1030. The van der Waals surface area contributed by atoms with E-state index in [0.717, 1.165) is 90.0 Å². The Morgan fingerprint density at radius 2 is 1.07 bits per heavy atom. The van der Waals surface area contributed by atoms with Crippen LogP contribution in [0.5, 0.6) is 0 Å². The molecule has 0 N–H and O–H groups in total. The van der Waals surface area contributed by atoms with Crippen LogP contribution < -0.4 is 0 Å². The molecule has 1 aliphatic heterocycles. The van der Waals surface area contributed by atoms with Crippen molar-refractivity contribution in [2.45, 2.75) is 213 Å². The van der Waals surface area contributed by atoms with E-state index >= 15 is 0 Å². The van der Waals surface area contributed by atoms with Crippen LogP contribution in [0.4, 0.5) is 4.79 Å². The molecule has 0 amide bonds. The van der Waals surface area contributed by atoms with Gasteiger partial charge in [-0.1, -0.05) is 141 Å². The van der Waals surface area contributed by atoms with E-state index in [9.17, 15) is 14.4 Å². The standard InChI is InChI=1S/C49H89NO9/c1-5-8-11-14-17-18-19-20-21-22-23-24-25-26-29-34-46(51)56-40-44(42-58-49(53)59-43-45-33-32-37-50(45)4)41-57-47(52)35-36-48(54-38-30-27-15-12-9-6-2)55-39-31-28-16-13-10-7-3/h17-18,20-21,44-45,48H,5-16,19,22-43H2,1-4H3/b18-17-,21-20-. The molecule has 344 valence electrons. The smallest absolute Gasteiger partial charge is 0.465 e. The van der Waals surface area contributed by atoms with Crippen LogP contribution >= 0.6 is 0 Å². The van der Waals surface area contributed by atoms with Crippen LogP contribution in [0.3, 0.4) is 0 Å². The Morgan fingerprint density at radius 3 is 1.64 bits per heavy atom. The molecule has 0 spiro atoms. The lowest BCUT2D eigenvalue weighted by atomic mass is 10.1. The molecule has 0 aromatic heterocycles. The highest BCUT2D eigenvalue weighted by molar-refractivity contribution is 5.69. The molecule has 0 aromatic rings. The van der Waals surface area contributed by atoms with E-state index in [-0.39, 0.29) is 44.9 Å². The predicted molar refractivity (Wildman–Crippen MR) is 239 cm³/mol. The normalized spacial score (nSPS) is 15.1. The van der Waals surface area contributed by atoms with Crippen LogP contribution in [-0.4, -0.2) is 88.6 Å². The first-order valence-corrected chi connectivity index (χ1v) is 24.2. The van der Waals surface area contributed by atoms with Crippen molar-refractivity contribution < 1.29 is 42.8 Å². The third kappa shape index (κ3) is 34.9. The number of likely N-dealkylation sites (tertiary alicyclic amines) is 1. The summed E-state index contributed by atoms with van der Waals surface area (Å²) in [7, 11) is 2.02. The van der Waals surface area contributed by atoms with Crippen molar-refractivity contribution in [3.05, 3.63) is 24.3 Å². The topological polar surface area (TPSA) is 110 Å². The molecule has 1 fully saturated rings. The van der Waals surface area contributed by atoms with Gasteiger partial charge in [-0.3, -0.25) is 9.59 Å². The molecule has 0 aromatic carbocycles. The van der Waals surface area contributed by atoms with Gasteiger partial charge in [0, 0.05) is 32.1 Å². The number of hydrogen-bond donors (Lipinski definition) is 0. The Hall–Kier alpha value is -2.43. The fourth-order valence-corrected chi connectivity index (χ4v) is 7.02. The quantitative estimate of drug-likeness (QED) is 0.0194. The molecule has 1 rings (SSSR count). The predicted octanol–water partition coefficient (Wildman–Crippen LogP) is 12.6. The van der Waals surface area contributed by atoms with Gasteiger partial charge in [-0.15, -0.1) is 0 Å². The maximum absolute atomic E-state index is 12.9. The molecule has 2 atom stereocenters. The molecule has 1 heterocycles. The van der Waals surface area contributed by atoms with Crippen molar-refractivity contribution in [3.63, 3.8) is 0 Å². The van der Waals surface area contributed by atoms with Crippen LogP contribution in [0.2, 0.25) is 0 Å². The minimum absolute atomic E-state index is 0.0175. The van der Waals surface area contributed by atoms with Gasteiger partial charge in [0.15, 0.2) is 6.29 Å². The van der Waals surface area contributed by atoms with Crippen molar-refractivity contribution in [2.75, 3.05) is 53.2 Å². The SMILES string of the molecule is CCCCC/C=C\C/C=C\CCCCCCCC(=O)OCC(COC(=O)CCC(OCCCCCCCC)OCCCCCCCC)COC(=O)OCC1CCCN1C. The first kappa shape index (κ1) is 54.6. The maximum Gasteiger partial charge on any atom is 0.508 e. The van der Waals surface area contributed by atoms with Gasteiger partial charge in [0.05, 0.1) is 12.3 Å². The van der Waals surface area contributed by atoms with Gasteiger partial charge in [-0.25, -0.2) is 4.79 Å². The van der Waals surface area contributed by atoms with Crippen molar-refractivity contribution >= 4 is 18.1 Å². The van der Waals surface area contributed by atoms with Crippen LogP contribution in [0.15, 0.2) is 24.3 Å². The minimum atomic E-state index is -0.772. The van der Waals surface area contributed by atoms with Crippen LogP contribution in [-0.2, 0) is 38.0 Å². The molecule has 1 saturated heterocycles. The summed E-state index contributed by atoms with van der Waals surface area (Å²) < 4.78 is 34.2. The Labute approximate surface area is 361 Å². The molecule has 0 saturated carbocycles. The van der Waals surface area contributed by atoms with Crippen molar-refractivity contribution in [2.24, 2.45) is 5.92 Å². The number of carbonyl (C=O) groups is 3. The third-order valence-electron chi connectivity index (χ3n) is 11.0. The van der Waals surface area contributed by atoms with Crippen molar-refractivity contribution in [3.8, 4) is 0 Å². The van der Waals surface area contributed by atoms with Crippen molar-refractivity contribution in [1.82, 2.24) is 4.90 Å². The van der Waals surface area contributed by atoms with Gasteiger partial charge < -0.3 is 33.3 Å². The van der Waals surface area contributed by atoms with Crippen molar-refractivity contribution in [1.29, 1.82) is 0 Å². The average molecular weight is 836 g/mol. The van der Waals surface area contributed by atoms with E-state index < -0.39 is 24.3 Å². The Balaban J connectivity index is 2.50. The molecule has 0 radical (unpaired) electrons. The molecule has 1 aliphatic rings. The summed E-state index contributed by atoms with van der Waals surface area (Å²) in [5.41, 5.74) is 0. The van der Waals surface area contributed by atoms with Gasteiger partial charge in [0.2, 0.25) is 0 Å². The summed E-state index contributed by atoms with van der Waals surface area (Å²) in [5.74, 6) is -1.21. The summed E-state index contributed by atoms with van der Waals surface area (Å²) in [6.45, 7) is 8.98. The van der Waals surface area contributed by atoms with E-state index in [1.54, 1.807) is 0 Å². The lowest BCUT2D eigenvalue weighted by molar-refractivity contribution is -0.161. The lowest BCUT2D eigenvalue weighted by Gasteiger charge is -2.20. The number of ether oxygens (including phenoxy) is 6. The lowest BCUT2D eigenvalue weighted by Crippen LogP contribution is -2.31. The summed E-state index contributed by atoms with van der Waals surface area (Å²) in [6, 6.07) is 0.183. The zero-order chi connectivity index (χ0) is 42.9. The largest absolute Gasteiger partial charge is 0.508 e. The second kappa shape index (κ2) is 40.9. The number of nitrogens with zero attached hydrogens (tertiary/aromatic N) is 1. The van der Waals surface area contributed by atoms with E-state index in [1.165, 1.54) is 77.0 Å². The monoisotopic (exact) mass is 836 g/mol. The van der Waals surface area contributed by atoms with E-state index in [1.807, 2.05) is 7.05 Å². The second-order valence-electron chi connectivity index (χ2n) is 16.6. The van der Waals surface area contributed by atoms with Gasteiger partial charge in [0.25, 0.3) is 0 Å². The minimum Gasteiger partial charge on any atom is -0.465 e. The van der Waals surface area contributed by atoms with Crippen LogP contribution in [0.1, 0.15) is 201 Å². The van der Waals surface area contributed by atoms with E-state index in [4.69, 9.17) is 28.4 Å². The fraction of sp³-hybridized carbons (Fsp3) is 0.857. The molecule has 0 aliphatic carbocycles. The molecule has 0 bridgehead atoms. The van der Waals surface area contributed by atoms with Gasteiger partial charge >= 0.3 is 18.1 Å². The summed E-state index contributed by atoms with van der Waals surface area (Å²) >= 11 is 0. The molecule has 10 heteroatoms. The van der Waals surface area contributed by atoms with Crippen LogP contribution in [0.25, 0.3) is 0 Å². The zero-order valence-electron chi connectivity index (χ0n) is 38.4. The fourth-order valence-electron chi connectivity index (χ4n) is 7.02. The Morgan fingerprint density at radius 1 is 0.576 bits per heavy atom. The summed E-state index contributed by atoms with van der Waals surface area (Å²) in [6.07, 6.45) is 37.1. The molecule has 10 nitrogen and oxygen atoms in total. The maximum atomic E-state index is 12.9.